The molecule has 0 aliphatic carbocycles. The summed E-state index contributed by atoms with van der Waals surface area (Å²) < 4.78 is 40.3. The van der Waals surface area contributed by atoms with E-state index in [0.29, 0.717) is 27.2 Å². The first-order valence-corrected chi connectivity index (χ1v) is 7.94. The van der Waals surface area contributed by atoms with Crippen LogP contribution < -0.4 is 19.5 Å². The smallest absolute Gasteiger partial charge is 0.387 e. The maximum absolute atomic E-state index is 12.5. The summed E-state index contributed by atoms with van der Waals surface area (Å²) >= 11 is 3.33. The van der Waals surface area contributed by atoms with Crippen LogP contribution in [0.5, 0.6) is 17.2 Å². The van der Waals surface area contributed by atoms with Crippen molar-refractivity contribution < 1.29 is 27.8 Å². The largest absolute Gasteiger partial charge is 0.495 e. The fourth-order valence-corrected chi connectivity index (χ4v) is 2.72. The van der Waals surface area contributed by atoms with Crippen molar-refractivity contribution in [3.8, 4) is 17.2 Å². The Balaban J connectivity index is 2.31. The molecule has 0 radical (unpaired) electrons. The van der Waals surface area contributed by atoms with Crippen LogP contribution in [0, 0.1) is 6.92 Å². The van der Waals surface area contributed by atoms with Gasteiger partial charge in [0.25, 0.3) is 5.91 Å². The Labute approximate surface area is 152 Å². The number of ether oxygens (including phenoxy) is 3. The minimum absolute atomic E-state index is 0.00114. The fraction of sp³-hybridized carbons (Fsp3) is 0.235. The second-order valence-corrected chi connectivity index (χ2v) is 5.75. The lowest BCUT2D eigenvalue weighted by atomic mass is 10.1. The van der Waals surface area contributed by atoms with Crippen LogP contribution in [0.2, 0.25) is 0 Å². The van der Waals surface area contributed by atoms with Crippen LogP contribution in [0.4, 0.5) is 14.5 Å². The Kier molecular flexibility index (Phi) is 6.19. The van der Waals surface area contributed by atoms with Crippen LogP contribution in [0.1, 0.15) is 15.9 Å². The Morgan fingerprint density at radius 1 is 1.12 bits per heavy atom. The number of carbonyl (C=O) groups is 1. The van der Waals surface area contributed by atoms with Gasteiger partial charge >= 0.3 is 6.61 Å². The molecule has 134 valence electrons. The van der Waals surface area contributed by atoms with Gasteiger partial charge in [0.2, 0.25) is 0 Å². The summed E-state index contributed by atoms with van der Waals surface area (Å²) in [6, 6.07) is 7.60. The highest BCUT2D eigenvalue weighted by Crippen LogP contribution is 2.36. The predicted octanol–water partition coefficient (Wildman–Crippen LogP) is 4.63. The lowest BCUT2D eigenvalue weighted by Crippen LogP contribution is -2.14. The van der Waals surface area contributed by atoms with Crippen molar-refractivity contribution in [1.82, 2.24) is 0 Å². The molecule has 0 fully saturated rings. The molecule has 0 aliphatic rings. The zero-order chi connectivity index (χ0) is 18.6. The molecule has 2 aromatic carbocycles. The van der Waals surface area contributed by atoms with Gasteiger partial charge in [-0.2, -0.15) is 8.78 Å². The Morgan fingerprint density at radius 2 is 1.72 bits per heavy atom. The summed E-state index contributed by atoms with van der Waals surface area (Å²) in [6.45, 7) is -1.36. The predicted molar refractivity (Wildman–Crippen MR) is 93.0 cm³/mol. The lowest BCUT2D eigenvalue weighted by molar-refractivity contribution is -0.0502. The Morgan fingerprint density at radius 3 is 2.24 bits per heavy atom. The van der Waals surface area contributed by atoms with Crippen molar-refractivity contribution in [1.29, 1.82) is 0 Å². The number of methoxy groups -OCH3 is 2. The molecule has 8 heteroatoms. The molecule has 0 aromatic heterocycles. The van der Waals surface area contributed by atoms with E-state index in [9.17, 15) is 13.6 Å². The number of hydrogen-bond donors (Lipinski definition) is 1. The average Bonchev–Trinajstić information content (AvgIpc) is 2.58. The van der Waals surface area contributed by atoms with E-state index >= 15 is 0 Å². The molecule has 2 rings (SSSR count). The second kappa shape index (κ2) is 8.15. The highest BCUT2D eigenvalue weighted by molar-refractivity contribution is 9.10. The molecule has 0 saturated heterocycles. The summed E-state index contributed by atoms with van der Waals surface area (Å²) in [5, 5.41) is 2.67. The van der Waals surface area contributed by atoms with Crippen LogP contribution in [0.3, 0.4) is 0 Å². The molecule has 5 nitrogen and oxygen atoms in total. The van der Waals surface area contributed by atoms with Crippen molar-refractivity contribution in [2.24, 2.45) is 0 Å². The van der Waals surface area contributed by atoms with Crippen LogP contribution in [-0.4, -0.2) is 26.7 Å². The van der Waals surface area contributed by atoms with Gasteiger partial charge in [-0.1, -0.05) is 6.07 Å². The van der Waals surface area contributed by atoms with Gasteiger partial charge in [-0.3, -0.25) is 4.79 Å². The Hall–Kier alpha value is -2.35. The zero-order valence-corrected chi connectivity index (χ0v) is 15.3. The van der Waals surface area contributed by atoms with Gasteiger partial charge in [-0.25, -0.2) is 0 Å². The van der Waals surface area contributed by atoms with Gasteiger partial charge in [-0.05, 0) is 47.1 Å². The number of anilines is 1. The van der Waals surface area contributed by atoms with Gasteiger partial charge < -0.3 is 19.5 Å². The molecule has 0 atom stereocenters. The summed E-state index contributed by atoms with van der Waals surface area (Å²) in [4.78, 5) is 12.5. The molecule has 0 aliphatic heterocycles. The van der Waals surface area contributed by atoms with E-state index in [1.807, 2.05) is 0 Å². The molecule has 1 N–H and O–H groups in total. The summed E-state index contributed by atoms with van der Waals surface area (Å²) in [7, 11) is 2.94. The van der Waals surface area contributed by atoms with E-state index in [4.69, 9.17) is 9.47 Å². The van der Waals surface area contributed by atoms with Crippen molar-refractivity contribution in [2.45, 2.75) is 13.5 Å². The van der Waals surface area contributed by atoms with E-state index in [2.05, 4.69) is 26.0 Å². The van der Waals surface area contributed by atoms with Gasteiger partial charge in [0, 0.05) is 16.8 Å². The van der Waals surface area contributed by atoms with Crippen molar-refractivity contribution in [3.63, 3.8) is 0 Å². The third-order valence-electron chi connectivity index (χ3n) is 3.46. The molecular weight excluding hydrogens is 400 g/mol. The van der Waals surface area contributed by atoms with Crippen LogP contribution in [0.15, 0.2) is 34.8 Å². The molecule has 0 spiro atoms. The molecule has 0 heterocycles. The Bertz CT molecular complexity index is 758. The van der Waals surface area contributed by atoms with E-state index in [0.717, 1.165) is 0 Å². The highest BCUT2D eigenvalue weighted by atomic mass is 79.9. The SMILES string of the molecule is COc1cc(C(=O)Nc2cccc(OC(F)F)c2C)cc(OC)c1Br. The third-order valence-corrected chi connectivity index (χ3v) is 4.24. The quantitative estimate of drug-likeness (QED) is 0.747. The van der Waals surface area contributed by atoms with Crippen LogP contribution in [-0.2, 0) is 0 Å². The zero-order valence-electron chi connectivity index (χ0n) is 13.7. The first kappa shape index (κ1) is 19.0. The minimum atomic E-state index is -2.94. The van der Waals surface area contributed by atoms with Crippen LogP contribution in [0.25, 0.3) is 0 Å². The number of alkyl halides is 2. The summed E-state index contributed by atoms with van der Waals surface area (Å²) in [5.74, 6) is 0.409. The summed E-state index contributed by atoms with van der Waals surface area (Å²) in [5.41, 5.74) is 1.05. The normalized spacial score (nSPS) is 10.5. The van der Waals surface area contributed by atoms with Crippen molar-refractivity contribution >= 4 is 27.5 Å². The third kappa shape index (κ3) is 4.39. The van der Waals surface area contributed by atoms with Gasteiger partial charge in [0.05, 0.1) is 14.2 Å². The van der Waals surface area contributed by atoms with E-state index in [1.54, 1.807) is 13.0 Å². The molecule has 0 unspecified atom stereocenters. The number of hydrogen-bond acceptors (Lipinski definition) is 4. The van der Waals surface area contributed by atoms with E-state index < -0.39 is 12.5 Å². The number of nitrogens with one attached hydrogen (secondary N) is 1. The topological polar surface area (TPSA) is 56.8 Å². The van der Waals surface area contributed by atoms with Crippen molar-refractivity contribution in [2.75, 3.05) is 19.5 Å². The van der Waals surface area contributed by atoms with Gasteiger partial charge in [-0.15, -0.1) is 0 Å². The maximum atomic E-state index is 12.5. The number of carbonyl (C=O) groups excluding carboxylic acids is 1. The van der Waals surface area contributed by atoms with E-state index in [1.165, 1.54) is 38.5 Å². The highest BCUT2D eigenvalue weighted by Gasteiger charge is 2.17. The number of rotatable bonds is 6. The molecule has 0 saturated carbocycles. The van der Waals surface area contributed by atoms with Gasteiger partial charge in [0.15, 0.2) is 0 Å². The van der Waals surface area contributed by atoms with Crippen LogP contribution >= 0.6 is 15.9 Å². The standard InChI is InChI=1S/C17H16BrF2NO4/c1-9-11(5-4-6-12(9)25-17(19)20)21-16(22)10-7-13(23-2)15(18)14(8-10)24-3/h4-8,17H,1-3H3,(H,21,22). The first-order chi connectivity index (χ1) is 11.9. The summed E-state index contributed by atoms with van der Waals surface area (Å²) in [6.07, 6.45) is 0. The molecule has 0 bridgehead atoms. The number of amides is 1. The molecular formula is C17H16BrF2NO4. The number of benzene rings is 2. The maximum Gasteiger partial charge on any atom is 0.387 e. The monoisotopic (exact) mass is 415 g/mol. The first-order valence-electron chi connectivity index (χ1n) is 7.14. The molecule has 25 heavy (non-hydrogen) atoms. The number of halogens is 3. The minimum Gasteiger partial charge on any atom is -0.495 e. The fourth-order valence-electron chi connectivity index (χ4n) is 2.17. The lowest BCUT2D eigenvalue weighted by Gasteiger charge is -2.14. The molecule has 2 aromatic rings. The molecule has 1 amide bonds. The second-order valence-electron chi connectivity index (χ2n) is 4.96. The van der Waals surface area contributed by atoms with Crippen molar-refractivity contribution in [3.05, 3.63) is 45.9 Å². The van der Waals surface area contributed by atoms with E-state index in [-0.39, 0.29) is 11.3 Å². The average molecular weight is 416 g/mol. The van der Waals surface area contributed by atoms with Gasteiger partial charge in [0.1, 0.15) is 21.7 Å².